The summed E-state index contributed by atoms with van der Waals surface area (Å²) in [5.74, 6) is 0.613. The largest absolute Gasteiger partial charge is 0.507 e. The van der Waals surface area contributed by atoms with Gasteiger partial charge in [-0.2, -0.15) is 0 Å². The Labute approximate surface area is 137 Å². The zero-order chi connectivity index (χ0) is 16.7. The molecule has 0 heterocycles. The fraction of sp³-hybridized carbons (Fsp3) is 0.250. The lowest BCUT2D eigenvalue weighted by molar-refractivity contribution is 0.104. The molecule has 0 unspecified atom stereocenters. The minimum atomic E-state index is -0.225. The molecule has 1 N–H and O–H groups in total. The average molecular weight is 310 g/mol. The molecule has 0 fully saturated rings. The summed E-state index contributed by atoms with van der Waals surface area (Å²) >= 11 is 0. The summed E-state index contributed by atoms with van der Waals surface area (Å²) in [7, 11) is 0. The molecule has 2 aromatic carbocycles. The number of carbonyl (C=O) groups is 1. The van der Waals surface area contributed by atoms with Crippen LogP contribution in [0.5, 0.6) is 11.5 Å². The van der Waals surface area contributed by atoms with Crippen molar-refractivity contribution in [2.24, 2.45) is 0 Å². The first-order valence-corrected chi connectivity index (χ1v) is 7.85. The van der Waals surface area contributed by atoms with E-state index in [1.54, 1.807) is 24.3 Å². The Morgan fingerprint density at radius 1 is 1.22 bits per heavy atom. The van der Waals surface area contributed by atoms with E-state index in [9.17, 15) is 9.90 Å². The van der Waals surface area contributed by atoms with Crippen LogP contribution in [0.25, 0.3) is 6.08 Å². The molecule has 0 aromatic heterocycles. The highest BCUT2D eigenvalue weighted by molar-refractivity contribution is 6.08. The van der Waals surface area contributed by atoms with Crippen LogP contribution in [0.3, 0.4) is 0 Å². The molecule has 0 amide bonds. The number of aromatic hydroxyl groups is 1. The van der Waals surface area contributed by atoms with E-state index >= 15 is 0 Å². The molecule has 0 radical (unpaired) electrons. The first-order valence-electron chi connectivity index (χ1n) is 7.85. The van der Waals surface area contributed by atoms with Crippen LogP contribution < -0.4 is 4.74 Å². The van der Waals surface area contributed by atoms with Crippen molar-refractivity contribution < 1.29 is 14.6 Å². The van der Waals surface area contributed by atoms with Gasteiger partial charge in [0.15, 0.2) is 5.78 Å². The molecule has 0 atom stereocenters. The minimum Gasteiger partial charge on any atom is -0.507 e. The van der Waals surface area contributed by atoms with Crippen molar-refractivity contribution in [2.75, 3.05) is 6.61 Å². The molecule has 0 aliphatic heterocycles. The second kappa shape index (κ2) is 8.18. The maximum Gasteiger partial charge on any atom is 0.189 e. The Bertz CT molecular complexity index is 702. The number of para-hydroxylation sites is 1. The monoisotopic (exact) mass is 310 g/mol. The van der Waals surface area contributed by atoms with Crippen LogP contribution in [0.15, 0.2) is 48.5 Å². The van der Waals surface area contributed by atoms with Crippen molar-refractivity contribution in [3.8, 4) is 11.5 Å². The Morgan fingerprint density at radius 2 is 2.00 bits per heavy atom. The molecule has 0 spiro atoms. The summed E-state index contributed by atoms with van der Waals surface area (Å²) in [5.41, 5.74) is 2.27. The number of ketones is 1. The van der Waals surface area contributed by atoms with Gasteiger partial charge in [-0.05, 0) is 48.7 Å². The van der Waals surface area contributed by atoms with Gasteiger partial charge < -0.3 is 9.84 Å². The van der Waals surface area contributed by atoms with E-state index in [0.717, 1.165) is 29.7 Å². The average Bonchev–Trinajstić information content (AvgIpc) is 2.55. The standard InChI is InChI=1S/C20H22O3/c1-3-4-13-23-20-14-16(10-9-15(20)2)11-12-19(22)17-7-5-6-8-18(17)21/h5-12,14,21H,3-4,13H2,1-2H3/b12-11+. The normalized spacial score (nSPS) is 10.9. The molecule has 3 heteroatoms. The second-order valence-electron chi connectivity index (χ2n) is 5.44. The van der Waals surface area contributed by atoms with Gasteiger partial charge in [0.05, 0.1) is 12.2 Å². The zero-order valence-electron chi connectivity index (χ0n) is 13.6. The maximum atomic E-state index is 12.1. The van der Waals surface area contributed by atoms with Crippen molar-refractivity contribution in [1.82, 2.24) is 0 Å². The lowest BCUT2D eigenvalue weighted by Crippen LogP contribution is -1.98. The quantitative estimate of drug-likeness (QED) is 0.455. The van der Waals surface area contributed by atoms with E-state index in [-0.39, 0.29) is 11.5 Å². The van der Waals surface area contributed by atoms with E-state index in [0.29, 0.717) is 12.2 Å². The molecule has 2 rings (SSSR count). The minimum absolute atomic E-state index is 0.00496. The number of allylic oxidation sites excluding steroid dienone is 1. The molecule has 23 heavy (non-hydrogen) atoms. The summed E-state index contributed by atoms with van der Waals surface area (Å²) in [4.78, 5) is 12.1. The second-order valence-corrected chi connectivity index (χ2v) is 5.44. The number of unbranched alkanes of at least 4 members (excludes halogenated alkanes) is 1. The highest BCUT2D eigenvalue weighted by Gasteiger charge is 2.07. The molecule has 0 aliphatic rings. The summed E-state index contributed by atoms with van der Waals surface area (Å²) in [6.45, 7) is 4.82. The smallest absolute Gasteiger partial charge is 0.189 e. The number of hydrogen-bond acceptors (Lipinski definition) is 3. The van der Waals surface area contributed by atoms with Gasteiger partial charge in [-0.3, -0.25) is 4.79 Å². The van der Waals surface area contributed by atoms with E-state index < -0.39 is 0 Å². The molecule has 120 valence electrons. The van der Waals surface area contributed by atoms with E-state index in [2.05, 4.69) is 6.92 Å². The van der Waals surface area contributed by atoms with Gasteiger partial charge in [0, 0.05) is 0 Å². The van der Waals surface area contributed by atoms with Gasteiger partial charge >= 0.3 is 0 Å². The highest BCUT2D eigenvalue weighted by Crippen LogP contribution is 2.22. The number of benzene rings is 2. The number of hydrogen-bond donors (Lipinski definition) is 1. The number of rotatable bonds is 7. The third kappa shape index (κ3) is 4.71. The molecule has 0 saturated heterocycles. The number of carbonyl (C=O) groups excluding carboxylic acids is 1. The predicted octanol–water partition coefficient (Wildman–Crippen LogP) is 4.78. The van der Waals surface area contributed by atoms with Gasteiger partial charge in [-0.1, -0.05) is 43.7 Å². The number of phenolic OH excluding ortho intramolecular Hbond substituents is 1. The number of ether oxygens (including phenoxy) is 1. The van der Waals surface area contributed by atoms with Gasteiger partial charge in [-0.15, -0.1) is 0 Å². The Balaban J connectivity index is 2.11. The van der Waals surface area contributed by atoms with Crippen molar-refractivity contribution in [1.29, 1.82) is 0 Å². The highest BCUT2D eigenvalue weighted by atomic mass is 16.5. The van der Waals surface area contributed by atoms with Gasteiger partial charge in [0.1, 0.15) is 11.5 Å². The summed E-state index contributed by atoms with van der Waals surface area (Å²) in [5, 5.41) is 9.70. The molecule has 0 aliphatic carbocycles. The first-order chi connectivity index (χ1) is 11.1. The number of aryl methyl sites for hydroxylation is 1. The van der Waals surface area contributed by atoms with Crippen molar-refractivity contribution in [3.63, 3.8) is 0 Å². The molecule has 3 nitrogen and oxygen atoms in total. The van der Waals surface area contributed by atoms with E-state index in [1.807, 2.05) is 25.1 Å². The van der Waals surface area contributed by atoms with Crippen molar-refractivity contribution in [2.45, 2.75) is 26.7 Å². The van der Waals surface area contributed by atoms with E-state index in [4.69, 9.17) is 4.74 Å². The topological polar surface area (TPSA) is 46.5 Å². The number of phenols is 1. The SMILES string of the molecule is CCCCOc1cc(/C=C/C(=O)c2ccccc2O)ccc1C. The van der Waals surface area contributed by atoms with Gasteiger partial charge in [-0.25, -0.2) is 0 Å². The lowest BCUT2D eigenvalue weighted by Gasteiger charge is -2.09. The maximum absolute atomic E-state index is 12.1. The lowest BCUT2D eigenvalue weighted by atomic mass is 10.1. The Hall–Kier alpha value is -2.55. The van der Waals surface area contributed by atoms with Crippen LogP contribution in [0, 0.1) is 6.92 Å². The predicted molar refractivity (Wildman–Crippen MR) is 93.1 cm³/mol. The van der Waals surface area contributed by atoms with Crippen molar-refractivity contribution >= 4 is 11.9 Å². The Kier molecular flexibility index (Phi) is 5.98. The van der Waals surface area contributed by atoms with Crippen LogP contribution in [-0.2, 0) is 0 Å². The summed E-state index contributed by atoms with van der Waals surface area (Å²) in [6.07, 6.45) is 5.31. The fourth-order valence-electron chi connectivity index (χ4n) is 2.15. The van der Waals surface area contributed by atoms with Crippen molar-refractivity contribution in [3.05, 3.63) is 65.2 Å². The molecule has 0 saturated carbocycles. The van der Waals surface area contributed by atoms with Gasteiger partial charge in [0.2, 0.25) is 0 Å². The molecular formula is C20H22O3. The van der Waals surface area contributed by atoms with Crippen LogP contribution >= 0.6 is 0 Å². The first kappa shape index (κ1) is 16.8. The summed E-state index contributed by atoms with van der Waals surface area (Å²) in [6, 6.07) is 12.4. The molecule has 0 bridgehead atoms. The molecular weight excluding hydrogens is 288 g/mol. The van der Waals surface area contributed by atoms with Crippen LogP contribution in [-0.4, -0.2) is 17.5 Å². The summed E-state index contributed by atoms with van der Waals surface area (Å²) < 4.78 is 5.77. The van der Waals surface area contributed by atoms with Gasteiger partial charge in [0.25, 0.3) is 0 Å². The van der Waals surface area contributed by atoms with E-state index in [1.165, 1.54) is 12.1 Å². The van der Waals surface area contributed by atoms with Crippen LogP contribution in [0.2, 0.25) is 0 Å². The van der Waals surface area contributed by atoms with Crippen LogP contribution in [0.4, 0.5) is 0 Å². The van der Waals surface area contributed by atoms with Crippen LogP contribution in [0.1, 0.15) is 41.3 Å². The third-order valence-electron chi connectivity index (χ3n) is 3.56. The third-order valence-corrected chi connectivity index (χ3v) is 3.56. The fourth-order valence-corrected chi connectivity index (χ4v) is 2.15. The molecule has 2 aromatic rings. The zero-order valence-corrected chi connectivity index (χ0v) is 13.6. The Morgan fingerprint density at radius 3 is 2.74 bits per heavy atom.